The van der Waals surface area contributed by atoms with E-state index >= 15 is 0 Å². The normalized spacial score (nSPS) is 12.2. The third kappa shape index (κ3) is 3.53. The molecule has 0 aliphatic carbocycles. The summed E-state index contributed by atoms with van der Waals surface area (Å²) in [6.45, 7) is 3.97. The zero-order valence-corrected chi connectivity index (χ0v) is 10.8. The van der Waals surface area contributed by atoms with Gasteiger partial charge >= 0.3 is 0 Å². The van der Waals surface area contributed by atoms with Gasteiger partial charge in [0.2, 0.25) is 0 Å². The summed E-state index contributed by atoms with van der Waals surface area (Å²) < 4.78 is 5.64. The second-order valence-corrected chi connectivity index (χ2v) is 4.37. The number of carbonyl (C=O) groups is 1. The number of ether oxygens (including phenoxy) is 1. The van der Waals surface area contributed by atoms with E-state index in [2.05, 4.69) is 6.92 Å². The van der Waals surface area contributed by atoms with E-state index in [1.165, 1.54) is 6.07 Å². The molecule has 5 heteroatoms. The third-order valence-corrected chi connectivity index (χ3v) is 2.63. The molecule has 0 spiro atoms. The van der Waals surface area contributed by atoms with Gasteiger partial charge in [-0.1, -0.05) is 24.9 Å². The SMILES string of the molecule is CCCC(C)Oc1c(Cl)cc(N)cc1C(N)=O. The van der Waals surface area contributed by atoms with Crippen LogP contribution in [0.2, 0.25) is 5.02 Å². The number of primary amides is 1. The van der Waals surface area contributed by atoms with Gasteiger partial charge in [0.15, 0.2) is 5.75 Å². The number of benzene rings is 1. The van der Waals surface area contributed by atoms with Crippen LogP contribution < -0.4 is 16.2 Å². The zero-order chi connectivity index (χ0) is 13.0. The minimum atomic E-state index is -0.599. The molecule has 0 fully saturated rings. The van der Waals surface area contributed by atoms with Crippen molar-refractivity contribution >= 4 is 23.2 Å². The predicted molar refractivity (Wildman–Crippen MR) is 69.4 cm³/mol. The minimum absolute atomic E-state index is 0.0285. The summed E-state index contributed by atoms with van der Waals surface area (Å²) in [6.07, 6.45) is 1.83. The lowest BCUT2D eigenvalue weighted by Gasteiger charge is -2.17. The summed E-state index contributed by atoms with van der Waals surface area (Å²) in [5, 5.41) is 0.307. The van der Waals surface area contributed by atoms with Gasteiger partial charge in [0, 0.05) is 5.69 Å². The fourth-order valence-corrected chi connectivity index (χ4v) is 1.86. The van der Waals surface area contributed by atoms with Crippen LogP contribution in [0.4, 0.5) is 5.69 Å². The molecule has 0 bridgehead atoms. The van der Waals surface area contributed by atoms with Crippen LogP contribution in [0.15, 0.2) is 12.1 Å². The maximum atomic E-state index is 11.3. The number of halogens is 1. The van der Waals surface area contributed by atoms with E-state index in [9.17, 15) is 4.79 Å². The Balaban J connectivity index is 3.08. The molecule has 94 valence electrons. The van der Waals surface area contributed by atoms with E-state index in [1.54, 1.807) is 6.07 Å². The quantitative estimate of drug-likeness (QED) is 0.795. The molecule has 1 atom stereocenters. The summed E-state index contributed by atoms with van der Waals surface area (Å²) in [5.74, 6) is -0.285. The predicted octanol–water partition coefficient (Wildman–Crippen LogP) is 2.59. The largest absolute Gasteiger partial charge is 0.488 e. The van der Waals surface area contributed by atoms with Gasteiger partial charge in [-0.25, -0.2) is 0 Å². The summed E-state index contributed by atoms with van der Waals surface area (Å²) in [5.41, 5.74) is 11.5. The summed E-state index contributed by atoms with van der Waals surface area (Å²) in [7, 11) is 0. The molecular weight excluding hydrogens is 240 g/mol. The lowest BCUT2D eigenvalue weighted by molar-refractivity contribution is 0.0993. The molecular formula is C12H17ClN2O2. The van der Waals surface area contributed by atoms with E-state index < -0.39 is 5.91 Å². The molecule has 0 radical (unpaired) electrons. The van der Waals surface area contributed by atoms with Crippen molar-refractivity contribution in [2.24, 2.45) is 5.73 Å². The molecule has 0 heterocycles. The van der Waals surface area contributed by atoms with Crippen LogP contribution in [-0.4, -0.2) is 12.0 Å². The molecule has 1 aromatic rings. The van der Waals surface area contributed by atoms with Crippen molar-refractivity contribution < 1.29 is 9.53 Å². The fraction of sp³-hybridized carbons (Fsp3) is 0.417. The second-order valence-electron chi connectivity index (χ2n) is 3.96. The Morgan fingerprint density at radius 1 is 1.53 bits per heavy atom. The standard InChI is InChI=1S/C12H17ClN2O2/c1-3-4-7(2)17-11-9(12(15)16)5-8(14)6-10(11)13/h5-7H,3-4,14H2,1-2H3,(H2,15,16). The van der Waals surface area contributed by atoms with Crippen LogP contribution in [0.3, 0.4) is 0 Å². The molecule has 0 saturated heterocycles. The Morgan fingerprint density at radius 3 is 2.71 bits per heavy atom. The molecule has 0 aliphatic rings. The maximum absolute atomic E-state index is 11.3. The Bertz CT molecular complexity index is 421. The molecule has 4 nitrogen and oxygen atoms in total. The number of hydrogen-bond donors (Lipinski definition) is 2. The number of nitrogens with two attached hydrogens (primary N) is 2. The lowest BCUT2D eigenvalue weighted by Crippen LogP contribution is -2.18. The van der Waals surface area contributed by atoms with Gasteiger partial charge in [-0.2, -0.15) is 0 Å². The van der Waals surface area contributed by atoms with Crippen LogP contribution >= 0.6 is 11.6 Å². The van der Waals surface area contributed by atoms with Crippen LogP contribution in [0.1, 0.15) is 37.0 Å². The van der Waals surface area contributed by atoms with Crippen LogP contribution in [0.5, 0.6) is 5.75 Å². The Kier molecular flexibility index (Phi) is 4.63. The Morgan fingerprint density at radius 2 is 2.18 bits per heavy atom. The van der Waals surface area contributed by atoms with Crippen molar-refractivity contribution in [3.63, 3.8) is 0 Å². The third-order valence-electron chi connectivity index (χ3n) is 2.35. The number of rotatable bonds is 5. The number of carbonyl (C=O) groups excluding carboxylic acids is 1. The molecule has 0 saturated carbocycles. The Labute approximate surface area is 106 Å². The molecule has 4 N–H and O–H groups in total. The van der Waals surface area contributed by atoms with Gasteiger partial charge < -0.3 is 16.2 Å². The monoisotopic (exact) mass is 256 g/mol. The first kappa shape index (κ1) is 13.6. The molecule has 1 unspecified atom stereocenters. The average molecular weight is 257 g/mol. The second kappa shape index (κ2) is 5.77. The molecule has 1 aromatic carbocycles. The van der Waals surface area contributed by atoms with Gasteiger partial charge in [-0.05, 0) is 25.5 Å². The van der Waals surface area contributed by atoms with Gasteiger partial charge in [0.05, 0.1) is 16.7 Å². The van der Waals surface area contributed by atoms with Crippen molar-refractivity contribution in [2.45, 2.75) is 32.8 Å². The summed E-state index contributed by atoms with van der Waals surface area (Å²) in [4.78, 5) is 11.3. The Hall–Kier alpha value is -1.42. The molecule has 1 amide bonds. The average Bonchev–Trinajstić information content (AvgIpc) is 2.21. The van der Waals surface area contributed by atoms with Crippen molar-refractivity contribution in [3.8, 4) is 5.75 Å². The number of anilines is 1. The van der Waals surface area contributed by atoms with E-state index in [-0.39, 0.29) is 11.7 Å². The molecule has 0 aromatic heterocycles. The smallest absolute Gasteiger partial charge is 0.252 e. The number of amides is 1. The van der Waals surface area contributed by atoms with Crippen LogP contribution in [0.25, 0.3) is 0 Å². The first-order valence-electron chi connectivity index (χ1n) is 5.51. The van der Waals surface area contributed by atoms with E-state index in [0.717, 1.165) is 12.8 Å². The van der Waals surface area contributed by atoms with Crippen molar-refractivity contribution in [1.82, 2.24) is 0 Å². The van der Waals surface area contributed by atoms with Crippen LogP contribution in [0, 0.1) is 0 Å². The van der Waals surface area contributed by atoms with Gasteiger partial charge in [0.1, 0.15) is 0 Å². The summed E-state index contributed by atoms with van der Waals surface area (Å²) >= 11 is 6.01. The van der Waals surface area contributed by atoms with E-state index in [0.29, 0.717) is 16.5 Å². The molecule has 1 rings (SSSR count). The maximum Gasteiger partial charge on any atom is 0.252 e. The highest BCUT2D eigenvalue weighted by molar-refractivity contribution is 6.33. The molecule has 0 aliphatic heterocycles. The number of nitrogen functional groups attached to an aromatic ring is 1. The first-order chi connectivity index (χ1) is 7.95. The molecule has 17 heavy (non-hydrogen) atoms. The minimum Gasteiger partial charge on any atom is -0.488 e. The van der Waals surface area contributed by atoms with Gasteiger partial charge in [0.25, 0.3) is 5.91 Å². The van der Waals surface area contributed by atoms with Gasteiger partial charge in [-0.3, -0.25) is 4.79 Å². The van der Waals surface area contributed by atoms with Crippen molar-refractivity contribution in [3.05, 3.63) is 22.7 Å². The van der Waals surface area contributed by atoms with Crippen LogP contribution in [-0.2, 0) is 0 Å². The first-order valence-corrected chi connectivity index (χ1v) is 5.89. The lowest BCUT2D eigenvalue weighted by atomic mass is 10.1. The van der Waals surface area contributed by atoms with Crippen molar-refractivity contribution in [2.75, 3.05) is 5.73 Å². The highest BCUT2D eigenvalue weighted by atomic mass is 35.5. The fourth-order valence-electron chi connectivity index (χ4n) is 1.58. The van der Waals surface area contributed by atoms with E-state index in [4.69, 9.17) is 27.8 Å². The van der Waals surface area contributed by atoms with E-state index in [1.807, 2.05) is 6.92 Å². The highest BCUT2D eigenvalue weighted by Crippen LogP contribution is 2.32. The highest BCUT2D eigenvalue weighted by Gasteiger charge is 2.16. The zero-order valence-electron chi connectivity index (χ0n) is 10.00. The summed E-state index contributed by atoms with van der Waals surface area (Å²) in [6, 6.07) is 3.02. The topological polar surface area (TPSA) is 78.3 Å². The van der Waals surface area contributed by atoms with Crippen molar-refractivity contribution in [1.29, 1.82) is 0 Å². The van der Waals surface area contributed by atoms with Gasteiger partial charge in [-0.15, -0.1) is 0 Å². The number of hydrogen-bond acceptors (Lipinski definition) is 3.